The van der Waals surface area contributed by atoms with E-state index in [1.807, 2.05) is 164 Å². The van der Waals surface area contributed by atoms with E-state index in [-0.39, 0.29) is 0 Å². The monoisotopic (exact) mass is 872 g/mol. The van der Waals surface area contributed by atoms with Crippen molar-refractivity contribution < 1.29 is 17.2 Å². The van der Waals surface area contributed by atoms with Crippen LogP contribution in [0.2, 0.25) is 0 Å². The van der Waals surface area contributed by atoms with Crippen molar-refractivity contribution >= 4 is 79.5 Å². The number of benzene rings is 9. The van der Waals surface area contributed by atoms with E-state index in [0.717, 1.165) is 46.7 Å². The van der Waals surface area contributed by atoms with Crippen LogP contribution in [0.5, 0.6) is 0 Å². The maximum absolute atomic E-state index is 17.9. The Bertz CT molecular complexity index is 2220. The summed E-state index contributed by atoms with van der Waals surface area (Å²) in [5, 5.41) is 8.15. The lowest BCUT2D eigenvalue weighted by Crippen LogP contribution is -2.73. The Kier molecular flexibility index (Phi) is 12.2. The Labute approximate surface area is 367 Å². The van der Waals surface area contributed by atoms with Crippen molar-refractivity contribution in [3.63, 3.8) is 0 Å². The van der Waals surface area contributed by atoms with E-state index in [0.29, 0.717) is 0 Å². The van der Waals surface area contributed by atoms with Crippen molar-refractivity contribution in [3.05, 3.63) is 273 Å². The van der Waals surface area contributed by atoms with Gasteiger partial charge in [0.2, 0.25) is 0 Å². The SMILES string of the molecule is O=P(O[Si](c1ccccc1)(c1ccccc1)c1ccccc1)(O[Si](c1ccccc1)(c1ccccc1)c1ccccc1)O[Si](c1ccccc1)(c1ccccc1)c1ccccc1. The third kappa shape index (κ3) is 7.88. The molecule has 0 unspecified atom stereocenters. The van der Waals surface area contributed by atoms with Gasteiger partial charge in [-0.1, -0.05) is 273 Å². The highest BCUT2D eigenvalue weighted by atomic mass is 31.2. The van der Waals surface area contributed by atoms with Crippen molar-refractivity contribution in [2.75, 3.05) is 0 Å². The smallest absolute Gasteiger partial charge is 0.316 e. The molecule has 9 rings (SSSR count). The van der Waals surface area contributed by atoms with Gasteiger partial charge in [-0.2, -0.15) is 0 Å². The average Bonchev–Trinajstić information content (AvgIpc) is 3.37. The Morgan fingerprint density at radius 2 is 0.323 bits per heavy atom. The minimum Gasteiger partial charge on any atom is -0.316 e. The lowest BCUT2D eigenvalue weighted by molar-refractivity contribution is 0.303. The van der Waals surface area contributed by atoms with Crippen LogP contribution in [0.4, 0.5) is 0 Å². The van der Waals surface area contributed by atoms with Crippen LogP contribution in [-0.2, 0) is 17.2 Å². The zero-order chi connectivity index (χ0) is 42.1. The van der Waals surface area contributed by atoms with Crippen LogP contribution >= 0.6 is 7.82 Å². The molecule has 9 aromatic carbocycles. The number of phosphoric acid groups is 1. The van der Waals surface area contributed by atoms with Crippen molar-refractivity contribution in [3.8, 4) is 0 Å². The highest BCUT2D eigenvalue weighted by Crippen LogP contribution is 2.55. The van der Waals surface area contributed by atoms with Gasteiger partial charge in [0, 0.05) is 0 Å². The lowest BCUT2D eigenvalue weighted by atomic mass is 10.3. The zero-order valence-corrected chi connectivity index (χ0v) is 38.0. The van der Waals surface area contributed by atoms with E-state index in [1.165, 1.54) is 0 Å². The first-order valence-electron chi connectivity index (χ1n) is 20.8. The lowest BCUT2D eigenvalue weighted by Gasteiger charge is -2.43. The molecule has 9 aromatic rings. The molecule has 0 heterocycles. The number of hydrogen-bond donors (Lipinski definition) is 0. The molecule has 0 amide bonds. The van der Waals surface area contributed by atoms with Crippen molar-refractivity contribution in [2.45, 2.75) is 0 Å². The molecule has 0 fully saturated rings. The van der Waals surface area contributed by atoms with Crippen LogP contribution in [0.1, 0.15) is 0 Å². The molecule has 0 atom stereocenters. The first kappa shape index (κ1) is 41.1. The fourth-order valence-electron chi connectivity index (χ4n) is 8.59. The van der Waals surface area contributed by atoms with E-state index in [9.17, 15) is 0 Å². The molecule has 62 heavy (non-hydrogen) atoms. The number of hydrogen-bond acceptors (Lipinski definition) is 4. The van der Waals surface area contributed by atoms with Gasteiger partial charge in [0.1, 0.15) is 0 Å². The maximum Gasteiger partial charge on any atom is 0.447 e. The molecule has 302 valence electrons. The molecule has 4 nitrogen and oxygen atoms in total. The summed E-state index contributed by atoms with van der Waals surface area (Å²) in [6, 6.07) is 91.9. The molecule has 0 aliphatic heterocycles. The third-order valence-corrected chi connectivity index (χ3v) is 27.7. The van der Waals surface area contributed by atoms with Crippen LogP contribution in [0.25, 0.3) is 0 Å². The summed E-state index contributed by atoms with van der Waals surface area (Å²) in [5.74, 6) is 0. The molecular formula is C54H45O4PSi3. The number of rotatable bonds is 15. The van der Waals surface area contributed by atoms with Crippen LogP contribution in [-0.4, -0.2) is 25.0 Å². The highest BCUT2D eigenvalue weighted by Gasteiger charge is 2.58. The van der Waals surface area contributed by atoms with Crippen LogP contribution in [0.15, 0.2) is 273 Å². The molecule has 0 N–H and O–H groups in total. The summed E-state index contributed by atoms with van der Waals surface area (Å²) in [7, 11) is -16.4. The molecule has 0 saturated carbocycles. The second-order valence-electron chi connectivity index (χ2n) is 15.1. The van der Waals surface area contributed by atoms with Crippen molar-refractivity contribution in [2.24, 2.45) is 0 Å². The molecule has 0 radical (unpaired) electrons. The van der Waals surface area contributed by atoms with Gasteiger partial charge >= 0.3 is 32.8 Å². The first-order valence-corrected chi connectivity index (χ1v) is 28.0. The fraction of sp³-hybridized carbons (Fsp3) is 0. The minimum absolute atomic E-state index is 0.905. The standard InChI is InChI=1S/C54H45O4PSi3/c55-59(56-60(46-28-10-1-11-29-46,47-30-12-2-13-31-47)48-32-14-3-15-33-48,57-61(49-34-16-4-17-35-49,50-36-18-5-19-37-50)51-38-20-6-21-39-51)58-62(52-40-22-7-23-41-52,53-42-24-8-25-43-53)54-44-26-9-27-45-54/h1-45H. The summed E-state index contributed by atoms with van der Waals surface area (Å²) in [4.78, 5) is 0. The summed E-state index contributed by atoms with van der Waals surface area (Å²) in [6.45, 7) is 0. The minimum atomic E-state index is -4.89. The van der Waals surface area contributed by atoms with Gasteiger partial charge in [-0.05, 0) is 46.7 Å². The fourth-order valence-corrected chi connectivity index (χ4v) is 26.8. The Morgan fingerprint density at radius 1 is 0.210 bits per heavy atom. The van der Waals surface area contributed by atoms with E-state index in [4.69, 9.17) is 12.6 Å². The Morgan fingerprint density at radius 3 is 0.435 bits per heavy atom. The van der Waals surface area contributed by atoms with Crippen molar-refractivity contribution in [1.29, 1.82) is 0 Å². The molecule has 0 saturated heterocycles. The van der Waals surface area contributed by atoms with Crippen LogP contribution < -0.4 is 46.7 Å². The molecule has 0 aliphatic carbocycles. The molecule has 0 spiro atoms. The molecule has 0 aromatic heterocycles. The normalized spacial score (nSPS) is 12.1. The third-order valence-electron chi connectivity index (χ3n) is 11.4. The summed E-state index contributed by atoms with van der Waals surface area (Å²) < 4.78 is 41.7. The quantitative estimate of drug-likeness (QED) is 0.0625. The van der Waals surface area contributed by atoms with Gasteiger partial charge in [0.15, 0.2) is 0 Å². The second kappa shape index (κ2) is 18.4. The predicted molar refractivity (Wildman–Crippen MR) is 263 cm³/mol. The Hall–Kier alpha value is -6.26. The van der Waals surface area contributed by atoms with E-state index >= 15 is 4.57 Å². The predicted octanol–water partition coefficient (Wildman–Crippen LogP) is 7.15. The molecule has 0 bridgehead atoms. The van der Waals surface area contributed by atoms with Crippen molar-refractivity contribution in [1.82, 2.24) is 0 Å². The van der Waals surface area contributed by atoms with Gasteiger partial charge in [0.05, 0.1) is 0 Å². The van der Waals surface area contributed by atoms with Crippen LogP contribution in [0.3, 0.4) is 0 Å². The van der Waals surface area contributed by atoms with Gasteiger partial charge in [0.25, 0.3) is 0 Å². The van der Waals surface area contributed by atoms with E-state index in [2.05, 4.69) is 109 Å². The second-order valence-corrected chi connectivity index (χ2v) is 27.4. The Balaban J connectivity index is 1.42. The molecule has 8 heteroatoms. The van der Waals surface area contributed by atoms with Gasteiger partial charge in [-0.3, -0.25) is 0 Å². The largest absolute Gasteiger partial charge is 0.447 e. The van der Waals surface area contributed by atoms with Gasteiger partial charge in [-0.25, -0.2) is 4.57 Å². The topological polar surface area (TPSA) is 44.8 Å². The summed E-state index contributed by atoms with van der Waals surface area (Å²) in [6.07, 6.45) is 0. The molecular weight excluding hydrogens is 828 g/mol. The maximum atomic E-state index is 17.9. The van der Waals surface area contributed by atoms with E-state index in [1.54, 1.807) is 0 Å². The highest BCUT2D eigenvalue weighted by molar-refractivity contribution is 7.56. The van der Waals surface area contributed by atoms with Crippen LogP contribution in [0, 0.1) is 0 Å². The van der Waals surface area contributed by atoms with Gasteiger partial charge in [-0.15, -0.1) is 0 Å². The summed E-state index contributed by atoms with van der Waals surface area (Å²) in [5.41, 5.74) is 0. The first-order chi connectivity index (χ1) is 30.6. The average molecular weight is 873 g/mol. The molecule has 0 aliphatic rings. The van der Waals surface area contributed by atoms with E-state index < -0.39 is 32.8 Å². The summed E-state index contributed by atoms with van der Waals surface area (Å²) >= 11 is 0. The zero-order valence-electron chi connectivity index (χ0n) is 34.1. The van der Waals surface area contributed by atoms with Gasteiger partial charge < -0.3 is 12.6 Å².